The summed E-state index contributed by atoms with van der Waals surface area (Å²) in [6.07, 6.45) is -18.3. The number of benzene rings is 2. The minimum absolute atomic E-state index is 0.00188. The van der Waals surface area contributed by atoms with Gasteiger partial charge in [0.2, 0.25) is 18.3 Å². The Morgan fingerprint density at radius 3 is 2.02 bits per heavy atom. The number of ether oxygens (including phenoxy) is 6. The van der Waals surface area contributed by atoms with Crippen molar-refractivity contribution in [3.05, 3.63) is 36.4 Å². The quantitative estimate of drug-likeness (QED) is 0.0595. The van der Waals surface area contributed by atoms with Gasteiger partial charge in [0.05, 0.1) is 25.3 Å². The molecule has 19 nitrogen and oxygen atoms in total. The number of methoxy groups -OCH3 is 1. The standard InChI is InChI=1S/C31H34O19/c1-44-17-4-11(2-3-14(17)34)29-18(48-31-28(43)26(41)24(39)20(50-31)10-45-22(37)8-21(35)36)7-13-15(46-29)5-12(33)6-16(13)47-30-27(42)25(40)23(38)19(9-32)49-30/h2-7,19-20,23-28,30-32,38-43H,8-10H2,1H3,(H2-,33,34,35,36)/p+1/t19-,20-,23-,24-,25+,26+,27-,28-,30-,31-/m1/s1. The van der Waals surface area contributed by atoms with E-state index < -0.39 is 98.7 Å². The Labute approximate surface area is 281 Å². The largest absolute Gasteiger partial charge is 0.507 e. The third-order valence-corrected chi connectivity index (χ3v) is 7.95. The summed E-state index contributed by atoms with van der Waals surface area (Å²) < 4.78 is 38.9. The zero-order valence-electron chi connectivity index (χ0n) is 26.0. The van der Waals surface area contributed by atoms with Gasteiger partial charge in [0.1, 0.15) is 78.7 Å². The van der Waals surface area contributed by atoms with Crippen LogP contribution in [0.2, 0.25) is 0 Å². The summed E-state index contributed by atoms with van der Waals surface area (Å²) in [6, 6.07) is 7.53. The molecule has 2 aromatic carbocycles. The first kappa shape index (κ1) is 36.7. The lowest BCUT2D eigenvalue weighted by molar-refractivity contribution is -0.278. The molecule has 0 saturated carbocycles. The van der Waals surface area contributed by atoms with E-state index in [1.165, 1.54) is 37.4 Å². The first-order chi connectivity index (χ1) is 23.7. The van der Waals surface area contributed by atoms with Crippen LogP contribution < -0.4 is 14.2 Å². The highest BCUT2D eigenvalue weighted by atomic mass is 16.7. The predicted molar refractivity (Wildman–Crippen MR) is 161 cm³/mol. The van der Waals surface area contributed by atoms with Crippen molar-refractivity contribution in [2.24, 2.45) is 0 Å². The summed E-state index contributed by atoms with van der Waals surface area (Å²) in [5.74, 6) is -3.93. The highest BCUT2D eigenvalue weighted by Crippen LogP contribution is 2.43. The number of carboxylic acid groups (broad SMARTS) is 1. The summed E-state index contributed by atoms with van der Waals surface area (Å²) in [4.78, 5) is 22.6. The van der Waals surface area contributed by atoms with Crippen LogP contribution in [-0.4, -0.2) is 145 Å². The molecule has 0 aliphatic carbocycles. The normalized spacial score (nSPS) is 29.7. The maximum absolute atomic E-state index is 11.8. The Kier molecular flexibility index (Phi) is 11.1. The number of phenols is 2. The summed E-state index contributed by atoms with van der Waals surface area (Å²) in [5.41, 5.74) is 0.115. The molecular formula is C31H35O19+. The Hall–Kier alpha value is -4.57. The van der Waals surface area contributed by atoms with Crippen LogP contribution in [0.4, 0.5) is 0 Å². The summed E-state index contributed by atoms with van der Waals surface area (Å²) in [5, 5.41) is 102. The molecule has 2 aliphatic rings. The van der Waals surface area contributed by atoms with E-state index >= 15 is 0 Å². The van der Waals surface area contributed by atoms with Gasteiger partial charge in [0, 0.05) is 18.2 Å². The van der Waals surface area contributed by atoms with Gasteiger partial charge in [-0.25, -0.2) is 4.42 Å². The number of hydrogen-bond acceptors (Lipinski definition) is 17. The van der Waals surface area contributed by atoms with Gasteiger partial charge < -0.3 is 79.5 Å². The number of aromatic hydroxyl groups is 2. The average molecular weight is 712 g/mol. The van der Waals surface area contributed by atoms with Crippen molar-refractivity contribution in [2.75, 3.05) is 20.3 Å². The molecule has 5 rings (SSSR count). The number of phenolic OH excluding ortho intramolecular Hbond substituents is 2. The van der Waals surface area contributed by atoms with Gasteiger partial charge in [-0.3, -0.25) is 9.59 Å². The predicted octanol–water partition coefficient (Wildman–Crippen LogP) is -1.82. The van der Waals surface area contributed by atoms with Gasteiger partial charge in [0.15, 0.2) is 11.5 Å². The fourth-order valence-corrected chi connectivity index (χ4v) is 5.29. The number of aliphatic hydroxyl groups is 7. The molecular weight excluding hydrogens is 676 g/mol. The maximum Gasteiger partial charge on any atom is 0.402 e. The Bertz CT molecular complexity index is 1700. The van der Waals surface area contributed by atoms with Crippen LogP contribution in [0.15, 0.2) is 40.8 Å². The van der Waals surface area contributed by atoms with E-state index in [0.29, 0.717) is 0 Å². The second-order valence-electron chi connectivity index (χ2n) is 11.4. The highest BCUT2D eigenvalue weighted by molar-refractivity contribution is 5.90. The molecule has 2 fully saturated rings. The second kappa shape index (κ2) is 15.1. The number of rotatable bonds is 11. The van der Waals surface area contributed by atoms with E-state index in [1.54, 1.807) is 0 Å². The molecule has 1 aromatic heterocycles. The van der Waals surface area contributed by atoms with Crippen LogP contribution in [0.25, 0.3) is 22.3 Å². The van der Waals surface area contributed by atoms with Gasteiger partial charge in [0.25, 0.3) is 0 Å². The topological polar surface area (TPSA) is 303 Å². The van der Waals surface area contributed by atoms with Crippen LogP contribution in [-0.2, 0) is 23.8 Å². The van der Waals surface area contributed by atoms with E-state index in [-0.39, 0.29) is 45.3 Å². The molecule has 2 aliphatic heterocycles. The van der Waals surface area contributed by atoms with Gasteiger partial charge in [-0.15, -0.1) is 0 Å². The monoisotopic (exact) mass is 711 g/mol. The van der Waals surface area contributed by atoms with Crippen molar-refractivity contribution in [1.82, 2.24) is 0 Å². The highest BCUT2D eigenvalue weighted by Gasteiger charge is 2.47. The second-order valence-corrected chi connectivity index (χ2v) is 11.4. The summed E-state index contributed by atoms with van der Waals surface area (Å²) >= 11 is 0. The SMILES string of the molecule is COc1cc(-c2[o+]c3cc(O)cc(O[C@@H]4O[C@H](CO)[C@@H](O)[C@H](O)[C@H]4O)c3cc2O[C@@H]2O[C@H](COC(=O)CC(=O)O)[C@@H](O)[C@H](O)[C@H]2O)ccc1O. The summed E-state index contributed by atoms with van der Waals surface area (Å²) in [7, 11) is 1.29. The lowest BCUT2D eigenvalue weighted by atomic mass is 9.99. The van der Waals surface area contributed by atoms with E-state index in [1.807, 2.05) is 0 Å². The molecule has 0 bridgehead atoms. The summed E-state index contributed by atoms with van der Waals surface area (Å²) in [6.45, 7) is -1.49. The van der Waals surface area contributed by atoms with Gasteiger partial charge in [-0.1, -0.05) is 0 Å². The van der Waals surface area contributed by atoms with Crippen molar-refractivity contribution < 1.29 is 93.5 Å². The zero-order valence-corrected chi connectivity index (χ0v) is 26.0. The molecule has 272 valence electrons. The molecule has 0 amide bonds. The molecule has 3 heterocycles. The molecule has 0 radical (unpaired) electrons. The first-order valence-corrected chi connectivity index (χ1v) is 14.9. The third-order valence-electron chi connectivity index (χ3n) is 7.95. The number of carboxylic acids is 1. The fourth-order valence-electron chi connectivity index (χ4n) is 5.29. The van der Waals surface area contributed by atoms with Crippen LogP contribution in [0.1, 0.15) is 6.42 Å². The molecule has 0 unspecified atom stereocenters. The van der Waals surface area contributed by atoms with Crippen LogP contribution >= 0.6 is 0 Å². The number of carbonyl (C=O) groups excluding carboxylic acids is 1. The fraction of sp³-hybridized carbons (Fsp3) is 0.452. The molecule has 19 heteroatoms. The smallest absolute Gasteiger partial charge is 0.402 e. The zero-order chi connectivity index (χ0) is 36.4. The van der Waals surface area contributed by atoms with Crippen molar-refractivity contribution in [3.63, 3.8) is 0 Å². The Morgan fingerprint density at radius 2 is 1.40 bits per heavy atom. The molecule has 50 heavy (non-hydrogen) atoms. The van der Waals surface area contributed by atoms with Crippen LogP contribution in [0.5, 0.6) is 28.7 Å². The number of carbonyl (C=O) groups is 2. The maximum atomic E-state index is 11.8. The molecule has 10 N–H and O–H groups in total. The van der Waals surface area contributed by atoms with Crippen molar-refractivity contribution in [2.45, 2.75) is 67.8 Å². The third kappa shape index (κ3) is 7.60. The lowest BCUT2D eigenvalue weighted by Gasteiger charge is -2.39. The average Bonchev–Trinajstić information content (AvgIpc) is 3.08. The van der Waals surface area contributed by atoms with Gasteiger partial charge in [-0.05, 0) is 12.1 Å². The minimum Gasteiger partial charge on any atom is -0.507 e. The Morgan fingerprint density at radius 1 is 0.780 bits per heavy atom. The van der Waals surface area contributed by atoms with Crippen molar-refractivity contribution >= 4 is 22.9 Å². The van der Waals surface area contributed by atoms with Crippen LogP contribution in [0, 0.1) is 0 Å². The molecule has 2 saturated heterocycles. The molecule has 3 aromatic rings. The van der Waals surface area contributed by atoms with E-state index in [4.69, 9.17) is 37.9 Å². The van der Waals surface area contributed by atoms with Gasteiger partial charge >= 0.3 is 23.3 Å². The number of esters is 1. The van der Waals surface area contributed by atoms with Crippen molar-refractivity contribution in [1.29, 1.82) is 0 Å². The number of aliphatic hydroxyl groups excluding tert-OH is 7. The molecule has 0 spiro atoms. The van der Waals surface area contributed by atoms with Crippen molar-refractivity contribution in [3.8, 4) is 40.1 Å². The Balaban J connectivity index is 1.56. The first-order valence-electron chi connectivity index (χ1n) is 14.9. The number of fused-ring (bicyclic) bond motifs is 1. The lowest BCUT2D eigenvalue weighted by Crippen LogP contribution is -2.60. The van der Waals surface area contributed by atoms with E-state index in [2.05, 4.69) is 0 Å². The van der Waals surface area contributed by atoms with E-state index in [9.17, 15) is 55.5 Å². The number of hydrogen-bond donors (Lipinski definition) is 10. The van der Waals surface area contributed by atoms with E-state index in [0.717, 1.165) is 6.07 Å². The number of aliphatic carboxylic acids is 1. The van der Waals surface area contributed by atoms with Gasteiger partial charge in [-0.2, -0.15) is 0 Å². The minimum atomic E-state index is -1.93. The molecule has 10 atom stereocenters. The van der Waals surface area contributed by atoms with Crippen LogP contribution in [0.3, 0.4) is 0 Å².